The van der Waals surface area contributed by atoms with E-state index in [4.69, 9.17) is 16.6 Å². The van der Waals surface area contributed by atoms with E-state index >= 15 is 0 Å². The van der Waals surface area contributed by atoms with E-state index in [2.05, 4.69) is 45.5 Å². The van der Waals surface area contributed by atoms with Gasteiger partial charge in [0, 0.05) is 31.6 Å². The minimum atomic E-state index is 0.474. The lowest BCUT2D eigenvalue weighted by Crippen LogP contribution is -2.43. The first-order valence-electron chi connectivity index (χ1n) is 7.80. The molecule has 0 aliphatic carbocycles. The summed E-state index contributed by atoms with van der Waals surface area (Å²) in [6.45, 7) is 3.85. The second-order valence-electron chi connectivity index (χ2n) is 5.64. The van der Waals surface area contributed by atoms with Crippen molar-refractivity contribution in [1.29, 1.82) is 0 Å². The lowest BCUT2D eigenvalue weighted by atomic mass is 10.0. The maximum absolute atomic E-state index is 6.08. The van der Waals surface area contributed by atoms with E-state index in [-0.39, 0.29) is 0 Å². The van der Waals surface area contributed by atoms with E-state index in [1.54, 1.807) is 0 Å². The number of benzene rings is 1. The van der Waals surface area contributed by atoms with Crippen molar-refractivity contribution in [3.63, 3.8) is 0 Å². The van der Waals surface area contributed by atoms with Crippen molar-refractivity contribution in [2.24, 2.45) is 0 Å². The zero-order valence-corrected chi connectivity index (χ0v) is 13.4. The van der Waals surface area contributed by atoms with E-state index in [1.165, 1.54) is 5.56 Å². The molecule has 1 N–H and O–H groups in total. The van der Waals surface area contributed by atoms with Crippen molar-refractivity contribution < 1.29 is 0 Å². The molecular weight excluding hydrogens is 308 g/mol. The van der Waals surface area contributed by atoms with Crippen molar-refractivity contribution >= 4 is 28.5 Å². The van der Waals surface area contributed by atoms with Gasteiger partial charge in [0.15, 0.2) is 5.65 Å². The fraction of sp³-hybridized carbons (Fsp3) is 0.222. The number of aromatic nitrogens is 2. The topological polar surface area (TPSA) is 41.0 Å². The third kappa shape index (κ3) is 2.87. The van der Waals surface area contributed by atoms with Crippen LogP contribution in [0.5, 0.6) is 0 Å². The fourth-order valence-electron chi connectivity index (χ4n) is 2.98. The van der Waals surface area contributed by atoms with Gasteiger partial charge in [-0.05, 0) is 29.3 Å². The SMILES string of the molecule is Clc1ccc2c(-c3ccccc3)cc(N3CCNCC3)nc2n1. The molecule has 0 atom stereocenters. The minimum absolute atomic E-state index is 0.474. The molecule has 4 rings (SSSR count). The van der Waals surface area contributed by atoms with Crippen LogP contribution in [0.15, 0.2) is 48.5 Å². The highest BCUT2D eigenvalue weighted by Gasteiger charge is 2.16. The summed E-state index contributed by atoms with van der Waals surface area (Å²) in [7, 11) is 0. The van der Waals surface area contributed by atoms with E-state index in [1.807, 2.05) is 18.2 Å². The second-order valence-corrected chi connectivity index (χ2v) is 6.02. The summed E-state index contributed by atoms with van der Waals surface area (Å²) >= 11 is 6.08. The summed E-state index contributed by atoms with van der Waals surface area (Å²) in [5.41, 5.74) is 3.01. The average Bonchev–Trinajstić information content (AvgIpc) is 2.62. The first kappa shape index (κ1) is 14.4. The largest absolute Gasteiger partial charge is 0.354 e. The molecule has 0 bridgehead atoms. The lowest BCUT2D eigenvalue weighted by molar-refractivity contribution is 0.585. The van der Waals surface area contributed by atoms with Gasteiger partial charge in [-0.25, -0.2) is 9.97 Å². The van der Waals surface area contributed by atoms with Gasteiger partial charge in [-0.15, -0.1) is 0 Å². The van der Waals surface area contributed by atoms with Gasteiger partial charge in [0.05, 0.1) is 0 Å². The van der Waals surface area contributed by atoms with Gasteiger partial charge < -0.3 is 10.2 Å². The van der Waals surface area contributed by atoms with Crippen molar-refractivity contribution in [3.8, 4) is 11.1 Å². The van der Waals surface area contributed by atoms with Crippen LogP contribution in [0.2, 0.25) is 5.15 Å². The molecule has 0 radical (unpaired) electrons. The van der Waals surface area contributed by atoms with Crippen LogP contribution in [0.1, 0.15) is 0 Å². The Bertz CT molecular complexity index is 829. The third-order valence-corrected chi connectivity index (χ3v) is 4.36. The van der Waals surface area contributed by atoms with Crippen LogP contribution in [0.25, 0.3) is 22.2 Å². The summed E-state index contributed by atoms with van der Waals surface area (Å²) in [5, 5.41) is 4.87. The van der Waals surface area contributed by atoms with Crippen LogP contribution in [0, 0.1) is 0 Å². The molecule has 3 aromatic rings. The van der Waals surface area contributed by atoms with Crippen molar-refractivity contribution in [2.75, 3.05) is 31.1 Å². The standard InChI is InChI=1S/C18H17ClN4/c19-16-7-6-14-15(13-4-2-1-3-5-13)12-17(22-18(14)21-16)23-10-8-20-9-11-23/h1-7,12,20H,8-11H2. The summed E-state index contributed by atoms with van der Waals surface area (Å²) in [6.07, 6.45) is 0. The molecule has 1 saturated heterocycles. The van der Waals surface area contributed by atoms with Gasteiger partial charge >= 0.3 is 0 Å². The average molecular weight is 325 g/mol. The van der Waals surface area contributed by atoms with Crippen LogP contribution in [0.3, 0.4) is 0 Å². The fourth-order valence-corrected chi connectivity index (χ4v) is 3.12. The highest BCUT2D eigenvalue weighted by Crippen LogP contribution is 2.31. The number of fused-ring (bicyclic) bond motifs is 1. The summed E-state index contributed by atoms with van der Waals surface area (Å²) in [6, 6.07) is 16.3. The molecule has 0 unspecified atom stereocenters. The van der Waals surface area contributed by atoms with E-state index in [9.17, 15) is 0 Å². The van der Waals surface area contributed by atoms with Gasteiger partial charge in [0.1, 0.15) is 11.0 Å². The number of nitrogens with one attached hydrogen (secondary N) is 1. The first-order valence-corrected chi connectivity index (χ1v) is 8.17. The maximum Gasteiger partial charge on any atom is 0.163 e. The molecule has 0 amide bonds. The minimum Gasteiger partial charge on any atom is -0.354 e. The van der Waals surface area contributed by atoms with E-state index < -0.39 is 0 Å². The highest BCUT2D eigenvalue weighted by molar-refractivity contribution is 6.29. The summed E-state index contributed by atoms with van der Waals surface area (Å²) < 4.78 is 0. The Hall–Kier alpha value is -2.17. The molecule has 0 spiro atoms. The normalized spacial score (nSPS) is 15.1. The quantitative estimate of drug-likeness (QED) is 0.734. The number of halogens is 1. The third-order valence-electron chi connectivity index (χ3n) is 4.15. The Morgan fingerprint density at radius 1 is 0.957 bits per heavy atom. The Balaban J connectivity index is 1.91. The molecule has 3 heterocycles. The van der Waals surface area contributed by atoms with Gasteiger partial charge in [-0.1, -0.05) is 41.9 Å². The number of hydrogen-bond acceptors (Lipinski definition) is 4. The van der Waals surface area contributed by atoms with Crippen LogP contribution in [-0.2, 0) is 0 Å². The lowest BCUT2D eigenvalue weighted by Gasteiger charge is -2.29. The number of piperazine rings is 1. The highest BCUT2D eigenvalue weighted by atomic mass is 35.5. The zero-order valence-electron chi connectivity index (χ0n) is 12.7. The maximum atomic E-state index is 6.08. The molecular formula is C18H17ClN4. The Kier molecular flexibility index (Phi) is 3.85. The predicted molar refractivity (Wildman–Crippen MR) is 95.1 cm³/mol. The molecule has 0 saturated carbocycles. The van der Waals surface area contributed by atoms with Gasteiger partial charge in [0.25, 0.3) is 0 Å². The molecule has 1 fully saturated rings. The van der Waals surface area contributed by atoms with Gasteiger partial charge in [-0.3, -0.25) is 0 Å². The van der Waals surface area contributed by atoms with Crippen LogP contribution >= 0.6 is 11.6 Å². The van der Waals surface area contributed by atoms with Gasteiger partial charge in [0.2, 0.25) is 0 Å². The molecule has 2 aromatic heterocycles. The Labute approximate surface area is 140 Å². The Morgan fingerprint density at radius 2 is 1.74 bits per heavy atom. The summed E-state index contributed by atoms with van der Waals surface area (Å²) in [4.78, 5) is 11.5. The molecule has 23 heavy (non-hydrogen) atoms. The van der Waals surface area contributed by atoms with E-state index in [0.717, 1.165) is 42.9 Å². The first-order chi connectivity index (χ1) is 11.3. The van der Waals surface area contributed by atoms with Crippen LogP contribution in [0.4, 0.5) is 5.82 Å². The number of pyridine rings is 2. The van der Waals surface area contributed by atoms with Gasteiger partial charge in [-0.2, -0.15) is 0 Å². The van der Waals surface area contributed by atoms with Crippen molar-refractivity contribution in [1.82, 2.24) is 15.3 Å². The number of rotatable bonds is 2. The molecule has 1 aliphatic rings. The molecule has 5 heteroatoms. The monoisotopic (exact) mass is 324 g/mol. The second kappa shape index (κ2) is 6.14. The Morgan fingerprint density at radius 3 is 2.52 bits per heavy atom. The van der Waals surface area contributed by atoms with Crippen LogP contribution < -0.4 is 10.2 Å². The predicted octanol–water partition coefficient (Wildman–Crippen LogP) is 3.36. The smallest absolute Gasteiger partial charge is 0.163 e. The molecule has 1 aliphatic heterocycles. The van der Waals surface area contributed by atoms with Crippen LogP contribution in [-0.4, -0.2) is 36.1 Å². The molecule has 4 nitrogen and oxygen atoms in total. The van der Waals surface area contributed by atoms with Crippen molar-refractivity contribution in [2.45, 2.75) is 0 Å². The number of hydrogen-bond donors (Lipinski definition) is 1. The number of nitrogens with zero attached hydrogens (tertiary/aromatic N) is 3. The van der Waals surface area contributed by atoms with Crippen molar-refractivity contribution in [3.05, 3.63) is 53.7 Å². The number of anilines is 1. The zero-order chi connectivity index (χ0) is 15.6. The molecule has 1 aromatic carbocycles. The molecule has 116 valence electrons. The van der Waals surface area contributed by atoms with E-state index in [0.29, 0.717) is 10.8 Å². The summed E-state index contributed by atoms with van der Waals surface area (Å²) in [5.74, 6) is 0.965.